The van der Waals surface area contributed by atoms with Crippen molar-refractivity contribution in [2.75, 3.05) is 40.9 Å². The Morgan fingerprint density at radius 2 is 0.789 bits per heavy atom. The van der Waals surface area contributed by atoms with Crippen LogP contribution in [0.5, 0.6) is 0 Å². The van der Waals surface area contributed by atoms with Gasteiger partial charge in [0.05, 0.1) is 39.9 Å². The number of allylic oxidation sites excluding steroid dienone is 11. The number of carbonyl (C=O) groups excluding carboxylic acids is 1. The molecule has 0 aromatic heterocycles. The molecule has 76 heavy (non-hydrogen) atoms. The van der Waals surface area contributed by atoms with Gasteiger partial charge < -0.3 is 19.8 Å². The maximum atomic E-state index is 13.0. The predicted molar refractivity (Wildman–Crippen MR) is 332 cm³/mol. The molecule has 0 spiro atoms. The number of hydrogen-bond acceptors (Lipinski definition) is 5. The normalized spacial score (nSPS) is 14.2. The lowest BCUT2D eigenvalue weighted by molar-refractivity contribution is -0.870. The molecule has 444 valence electrons. The van der Waals surface area contributed by atoms with Crippen molar-refractivity contribution in [3.05, 3.63) is 72.9 Å². The van der Waals surface area contributed by atoms with Gasteiger partial charge in [-0.1, -0.05) is 299 Å². The minimum atomic E-state index is -4.36. The third-order valence-corrected chi connectivity index (χ3v) is 15.4. The van der Waals surface area contributed by atoms with Gasteiger partial charge in [-0.25, -0.2) is 4.57 Å². The van der Waals surface area contributed by atoms with Gasteiger partial charge in [0.25, 0.3) is 0 Å². The molecule has 0 aromatic carbocycles. The fourth-order valence-electron chi connectivity index (χ4n) is 9.42. The lowest BCUT2D eigenvalue weighted by atomic mass is 10.0. The summed E-state index contributed by atoms with van der Waals surface area (Å²) in [6.07, 6.45) is 80.2. The molecule has 0 aliphatic carbocycles. The molecule has 0 saturated heterocycles. The number of aliphatic hydroxyl groups excluding tert-OH is 1. The van der Waals surface area contributed by atoms with Crippen molar-refractivity contribution >= 4 is 13.7 Å². The van der Waals surface area contributed by atoms with E-state index >= 15 is 0 Å². The first kappa shape index (κ1) is 73.9. The number of phosphoric acid groups is 1. The van der Waals surface area contributed by atoms with Gasteiger partial charge in [0.15, 0.2) is 0 Å². The van der Waals surface area contributed by atoms with Crippen molar-refractivity contribution in [1.29, 1.82) is 0 Å². The Bertz CT molecular complexity index is 1470. The number of hydrogen-bond donors (Lipinski definition) is 3. The van der Waals surface area contributed by atoms with E-state index in [0.29, 0.717) is 17.4 Å². The van der Waals surface area contributed by atoms with E-state index in [2.05, 4.69) is 79.9 Å². The van der Waals surface area contributed by atoms with Crippen LogP contribution in [0.1, 0.15) is 296 Å². The first-order valence-electron chi connectivity index (χ1n) is 32.3. The van der Waals surface area contributed by atoms with E-state index < -0.39 is 20.0 Å². The molecule has 1 amide bonds. The van der Waals surface area contributed by atoms with E-state index in [1.807, 2.05) is 27.2 Å². The summed E-state index contributed by atoms with van der Waals surface area (Å²) in [6.45, 7) is 4.73. The molecule has 0 fully saturated rings. The van der Waals surface area contributed by atoms with Gasteiger partial charge in [0.2, 0.25) is 5.91 Å². The second-order valence-electron chi connectivity index (χ2n) is 23.1. The summed E-state index contributed by atoms with van der Waals surface area (Å²) >= 11 is 0. The summed E-state index contributed by atoms with van der Waals surface area (Å²) in [4.78, 5) is 23.4. The van der Waals surface area contributed by atoms with Crippen molar-refractivity contribution in [2.45, 2.75) is 309 Å². The highest BCUT2D eigenvalue weighted by molar-refractivity contribution is 7.47. The fraction of sp³-hybridized carbons (Fsp3) is 0.806. The lowest BCUT2D eigenvalue weighted by Gasteiger charge is -2.25. The van der Waals surface area contributed by atoms with Crippen LogP contribution in [0.3, 0.4) is 0 Å². The molecular formula is C67H126N2O6P+. The molecule has 8 nitrogen and oxygen atoms in total. The molecule has 0 aliphatic rings. The van der Waals surface area contributed by atoms with Gasteiger partial charge in [0, 0.05) is 6.42 Å². The molecular weight excluding hydrogens is 960 g/mol. The Morgan fingerprint density at radius 1 is 0.461 bits per heavy atom. The van der Waals surface area contributed by atoms with E-state index in [0.717, 1.165) is 77.0 Å². The average Bonchev–Trinajstić information content (AvgIpc) is 3.38. The number of unbranched alkanes of at least 4 members (excludes halogenated alkanes) is 36. The molecule has 0 heterocycles. The van der Waals surface area contributed by atoms with E-state index in [4.69, 9.17) is 9.05 Å². The van der Waals surface area contributed by atoms with Gasteiger partial charge in [-0.2, -0.15) is 0 Å². The molecule has 3 N–H and O–H groups in total. The lowest BCUT2D eigenvalue weighted by Crippen LogP contribution is -2.45. The van der Waals surface area contributed by atoms with Gasteiger partial charge >= 0.3 is 7.82 Å². The molecule has 0 saturated carbocycles. The summed E-state index contributed by atoms with van der Waals surface area (Å²) in [5.74, 6) is -0.183. The number of phosphoric ester groups is 1. The SMILES string of the molecule is CC/C=C\C/C=C\C/C=C\C/C=C\C/C=C\CCCCCCCCCCCC(=O)NC(COP(=O)(O)OCC[N+](C)(C)C)C(O)/C=C/CCCCCCCCCCCCCCCCCCCCCCCCCCCCC. The Balaban J connectivity index is 4.15. The van der Waals surface area contributed by atoms with Gasteiger partial charge in [-0.15, -0.1) is 0 Å². The minimum absolute atomic E-state index is 0.0578. The first-order valence-corrected chi connectivity index (χ1v) is 33.8. The van der Waals surface area contributed by atoms with Crippen LogP contribution < -0.4 is 5.32 Å². The maximum Gasteiger partial charge on any atom is 0.472 e. The molecule has 3 atom stereocenters. The summed E-state index contributed by atoms with van der Waals surface area (Å²) in [7, 11) is 1.57. The number of aliphatic hydroxyl groups is 1. The van der Waals surface area contributed by atoms with Crippen molar-refractivity contribution in [1.82, 2.24) is 5.32 Å². The summed E-state index contributed by atoms with van der Waals surface area (Å²) in [5, 5.41) is 14.0. The third kappa shape index (κ3) is 59.6. The quantitative estimate of drug-likeness (QED) is 0.0243. The molecule has 0 radical (unpaired) electrons. The average molecular weight is 1090 g/mol. The Hall–Kier alpha value is -2.06. The number of likely N-dealkylation sites (N-methyl/N-ethyl adjacent to an activating group) is 1. The zero-order valence-corrected chi connectivity index (χ0v) is 51.6. The second-order valence-corrected chi connectivity index (χ2v) is 24.6. The van der Waals surface area contributed by atoms with Crippen molar-refractivity contribution in [3.8, 4) is 0 Å². The van der Waals surface area contributed by atoms with Gasteiger partial charge in [0.1, 0.15) is 13.2 Å². The fourth-order valence-corrected chi connectivity index (χ4v) is 10.2. The van der Waals surface area contributed by atoms with Crippen LogP contribution >= 0.6 is 7.82 Å². The number of carbonyl (C=O) groups is 1. The first-order chi connectivity index (χ1) is 37.0. The van der Waals surface area contributed by atoms with Crippen LogP contribution in [-0.4, -0.2) is 73.4 Å². The zero-order chi connectivity index (χ0) is 55.6. The zero-order valence-electron chi connectivity index (χ0n) is 50.7. The molecule has 0 aliphatic heterocycles. The number of nitrogens with one attached hydrogen (secondary N) is 1. The number of nitrogens with zero attached hydrogens (tertiary/aromatic N) is 1. The standard InChI is InChI=1S/C67H125N2O6P/c1-6-8-10-12-14-16-18-20-22-24-26-28-30-32-33-34-35-37-38-40-42-44-46-48-50-52-54-56-58-60-66(70)65(64-75-76(72,73)74-63-62-69(3,4)5)68-67(71)61-59-57-55-53-51-49-47-45-43-41-39-36-31-29-27-25-23-21-19-17-15-13-11-9-7-2/h9,11,15,17,21,23,27,29,36,39,58,60,65-66,70H,6-8,10,12-14,16,18-20,22,24-26,28,30-35,37-38,40-57,59,61-64H2,1-5H3,(H-,68,71,72,73)/p+1/b11-9-,17-15-,23-21-,29-27-,39-36-,60-58+. The predicted octanol–water partition coefficient (Wildman–Crippen LogP) is 20.2. The largest absolute Gasteiger partial charge is 0.472 e. The summed E-state index contributed by atoms with van der Waals surface area (Å²) < 4.78 is 23.8. The molecule has 0 rings (SSSR count). The monoisotopic (exact) mass is 1090 g/mol. The number of amides is 1. The van der Waals surface area contributed by atoms with Crippen LogP contribution in [0.25, 0.3) is 0 Å². The highest BCUT2D eigenvalue weighted by Crippen LogP contribution is 2.43. The highest BCUT2D eigenvalue weighted by atomic mass is 31.2. The number of quaternary nitrogens is 1. The van der Waals surface area contributed by atoms with Crippen LogP contribution in [0.2, 0.25) is 0 Å². The Morgan fingerprint density at radius 3 is 1.16 bits per heavy atom. The van der Waals surface area contributed by atoms with Crippen molar-refractivity contribution < 1.29 is 32.9 Å². The van der Waals surface area contributed by atoms with Crippen molar-refractivity contribution in [2.24, 2.45) is 0 Å². The Labute approximate surface area is 472 Å². The van der Waals surface area contributed by atoms with E-state index in [1.54, 1.807) is 6.08 Å². The second kappa shape index (κ2) is 57.6. The molecule has 0 bridgehead atoms. The summed E-state index contributed by atoms with van der Waals surface area (Å²) in [6, 6.07) is -0.856. The third-order valence-electron chi connectivity index (χ3n) is 14.4. The van der Waals surface area contributed by atoms with Crippen LogP contribution in [0, 0.1) is 0 Å². The van der Waals surface area contributed by atoms with Crippen LogP contribution in [-0.2, 0) is 18.4 Å². The molecule has 9 heteroatoms. The molecule has 0 aromatic rings. The van der Waals surface area contributed by atoms with E-state index in [-0.39, 0.29) is 19.1 Å². The number of rotatable bonds is 59. The van der Waals surface area contributed by atoms with Crippen molar-refractivity contribution in [3.63, 3.8) is 0 Å². The maximum absolute atomic E-state index is 13.0. The van der Waals surface area contributed by atoms with Gasteiger partial charge in [-0.05, 0) is 64.2 Å². The highest BCUT2D eigenvalue weighted by Gasteiger charge is 2.28. The van der Waals surface area contributed by atoms with E-state index in [9.17, 15) is 19.4 Å². The smallest absolute Gasteiger partial charge is 0.387 e. The topological polar surface area (TPSA) is 105 Å². The van der Waals surface area contributed by atoms with Crippen LogP contribution in [0.15, 0.2) is 72.9 Å². The van der Waals surface area contributed by atoms with Crippen LogP contribution in [0.4, 0.5) is 0 Å². The van der Waals surface area contributed by atoms with Gasteiger partial charge in [-0.3, -0.25) is 13.8 Å². The van der Waals surface area contributed by atoms with E-state index in [1.165, 1.54) is 199 Å². The molecule has 3 unspecified atom stereocenters. The Kier molecular flexibility index (Phi) is 56.1. The minimum Gasteiger partial charge on any atom is -0.387 e. The summed E-state index contributed by atoms with van der Waals surface area (Å²) in [5.41, 5.74) is 0.